The van der Waals surface area contributed by atoms with Gasteiger partial charge in [0.2, 0.25) is 5.17 Å². The molecule has 1 amide bonds. The highest BCUT2D eigenvalue weighted by molar-refractivity contribution is 8.27. The molecule has 2 aliphatic rings. The number of thioether (sulfide) groups is 1. The van der Waals surface area contributed by atoms with Crippen LogP contribution in [0, 0.1) is 22.4 Å². The van der Waals surface area contributed by atoms with E-state index in [-0.39, 0.29) is 23.0 Å². The Labute approximate surface area is 210 Å². The molecular weight excluding hydrogens is 478 g/mol. The number of benzene rings is 2. The van der Waals surface area contributed by atoms with Crippen LogP contribution in [0.2, 0.25) is 0 Å². The number of rotatable bonds is 6. The zero-order valence-corrected chi connectivity index (χ0v) is 20.3. The Morgan fingerprint density at radius 1 is 1.19 bits per heavy atom. The number of hydrazone groups is 1. The predicted molar refractivity (Wildman–Crippen MR) is 140 cm³/mol. The molecule has 3 aromatic rings. The lowest BCUT2D eigenvalue weighted by atomic mass is 9.98. The molecule has 5 rings (SSSR count). The van der Waals surface area contributed by atoms with E-state index in [0.29, 0.717) is 22.3 Å². The first-order valence-electron chi connectivity index (χ1n) is 11.3. The topological polar surface area (TPSA) is 125 Å². The fourth-order valence-corrected chi connectivity index (χ4v) is 5.19. The van der Waals surface area contributed by atoms with E-state index in [0.717, 1.165) is 22.6 Å². The number of nitrogens with zero attached hydrogens (tertiary/aromatic N) is 4. The van der Waals surface area contributed by atoms with Crippen LogP contribution in [0.4, 0.5) is 5.69 Å². The molecule has 3 heterocycles. The lowest BCUT2D eigenvalue weighted by molar-refractivity contribution is -0.384. The van der Waals surface area contributed by atoms with Gasteiger partial charge >= 0.3 is 0 Å². The second-order valence-corrected chi connectivity index (χ2v) is 9.28. The number of carbonyl (C=O) groups excluding carboxylic acids is 1. The Balaban J connectivity index is 1.44. The van der Waals surface area contributed by atoms with Gasteiger partial charge in [0.15, 0.2) is 5.84 Å². The standard InChI is InChI=1S/C26H21N5O4S/c1-3-19(16-7-5-4-6-8-16)25-29-30-23(27)21(24(32)28-26(30)36-25)14-18-11-12-22(35-18)20-13-17(31(33)34)10-9-15(20)2/h4-14,19,27H,3H2,1-2H3/b21-14+,27-23?/t19-/m1/s1. The quantitative estimate of drug-likeness (QED) is 0.253. The molecule has 2 aromatic carbocycles. The third-order valence-electron chi connectivity index (χ3n) is 5.99. The molecule has 0 radical (unpaired) electrons. The first-order valence-corrected chi connectivity index (χ1v) is 12.1. The van der Waals surface area contributed by atoms with Crippen LogP contribution < -0.4 is 0 Å². The molecule has 0 aliphatic carbocycles. The van der Waals surface area contributed by atoms with Crippen molar-refractivity contribution in [3.8, 4) is 11.3 Å². The molecule has 180 valence electrons. The minimum atomic E-state index is -0.549. The zero-order chi connectivity index (χ0) is 25.4. The monoisotopic (exact) mass is 499 g/mol. The molecule has 0 saturated heterocycles. The highest BCUT2D eigenvalue weighted by atomic mass is 32.2. The number of amidine groups is 2. The van der Waals surface area contributed by atoms with E-state index >= 15 is 0 Å². The first-order chi connectivity index (χ1) is 17.4. The Hall–Kier alpha value is -4.31. The second kappa shape index (κ2) is 9.38. The molecule has 36 heavy (non-hydrogen) atoms. The molecule has 1 atom stereocenters. The molecule has 9 nitrogen and oxygen atoms in total. The van der Waals surface area contributed by atoms with E-state index in [1.54, 1.807) is 18.2 Å². The Morgan fingerprint density at radius 3 is 2.69 bits per heavy atom. The molecule has 10 heteroatoms. The summed E-state index contributed by atoms with van der Waals surface area (Å²) in [6, 6.07) is 17.9. The van der Waals surface area contributed by atoms with E-state index in [9.17, 15) is 14.9 Å². The number of non-ortho nitro benzene ring substituents is 1. The van der Waals surface area contributed by atoms with Gasteiger partial charge < -0.3 is 4.42 Å². The van der Waals surface area contributed by atoms with Crippen molar-refractivity contribution in [3.05, 3.63) is 93.2 Å². The predicted octanol–water partition coefficient (Wildman–Crippen LogP) is 5.98. The number of nitro benzene ring substituents is 1. The summed E-state index contributed by atoms with van der Waals surface area (Å²) < 4.78 is 5.87. The minimum absolute atomic E-state index is 0.0330. The van der Waals surface area contributed by atoms with Crippen LogP contribution >= 0.6 is 11.8 Å². The van der Waals surface area contributed by atoms with E-state index in [1.807, 2.05) is 37.3 Å². The smallest absolute Gasteiger partial charge is 0.283 e. The fraction of sp³-hybridized carbons (Fsp3) is 0.154. The number of furan rings is 1. The number of hydrogen-bond donors (Lipinski definition) is 1. The molecule has 0 spiro atoms. The number of carbonyl (C=O) groups is 1. The largest absolute Gasteiger partial charge is 0.457 e. The molecule has 0 unspecified atom stereocenters. The minimum Gasteiger partial charge on any atom is -0.457 e. The van der Waals surface area contributed by atoms with E-state index in [4.69, 9.17) is 9.83 Å². The van der Waals surface area contributed by atoms with Gasteiger partial charge in [0.1, 0.15) is 16.6 Å². The van der Waals surface area contributed by atoms with Crippen molar-refractivity contribution in [3.63, 3.8) is 0 Å². The average molecular weight is 500 g/mol. The lowest BCUT2D eigenvalue weighted by Gasteiger charge is -2.19. The van der Waals surface area contributed by atoms with Gasteiger partial charge in [0, 0.05) is 23.6 Å². The molecule has 1 aromatic heterocycles. The van der Waals surface area contributed by atoms with Gasteiger partial charge in [-0.1, -0.05) is 43.3 Å². The summed E-state index contributed by atoms with van der Waals surface area (Å²) >= 11 is 1.30. The van der Waals surface area contributed by atoms with Crippen molar-refractivity contribution in [2.24, 2.45) is 10.1 Å². The van der Waals surface area contributed by atoms with Gasteiger partial charge in [-0.15, -0.1) is 0 Å². The van der Waals surface area contributed by atoms with Gasteiger partial charge in [0.05, 0.1) is 10.5 Å². The number of aliphatic imine (C=N–C) groups is 1. The molecule has 0 bridgehead atoms. The zero-order valence-electron chi connectivity index (χ0n) is 19.5. The van der Waals surface area contributed by atoms with E-state index in [2.05, 4.69) is 17.0 Å². The summed E-state index contributed by atoms with van der Waals surface area (Å²) in [5, 5.41) is 27.0. The van der Waals surface area contributed by atoms with E-state index in [1.165, 1.54) is 35.0 Å². The highest BCUT2D eigenvalue weighted by Crippen LogP contribution is 2.36. The van der Waals surface area contributed by atoms with Gasteiger partial charge in [0.25, 0.3) is 11.6 Å². The van der Waals surface area contributed by atoms with Crippen LogP contribution in [0.15, 0.2) is 80.7 Å². The lowest BCUT2D eigenvalue weighted by Crippen LogP contribution is -2.35. The Kier molecular flexibility index (Phi) is 6.11. The second-order valence-electron chi connectivity index (χ2n) is 8.29. The number of hydrogen-bond acceptors (Lipinski definition) is 7. The van der Waals surface area contributed by atoms with Crippen LogP contribution in [0.3, 0.4) is 0 Å². The fourth-order valence-electron chi connectivity index (χ4n) is 4.09. The third kappa shape index (κ3) is 4.27. The summed E-state index contributed by atoms with van der Waals surface area (Å²) in [5.41, 5.74) is 2.51. The third-order valence-corrected chi connectivity index (χ3v) is 7.01. The number of amides is 1. The van der Waals surface area contributed by atoms with Gasteiger partial charge in [-0.2, -0.15) is 15.1 Å². The maximum Gasteiger partial charge on any atom is 0.283 e. The van der Waals surface area contributed by atoms with E-state index < -0.39 is 10.8 Å². The van der Waals surface area contributed by atoms with Crippen LogP contribution in [-0.2, 0) is 4.79 Å². The van der Waals surface area contributed by atoms with Crippen molar-refractivity contribution >= 4 is 45.5 Å². The average Bonchev–Trinajstić information content (AvgIpc) is 3.50. The number of aryl methyl sites for hydroxylation is 1. The van der Waals surface area contributed by atoms with Crippen molar-refractivity contribution in [2.45, 2.75) is 26.2 Å². The van der Waals surface area contributed by atoms with Gasteiger partial charge in [-0.25, -0.2) is 0 Å². The van der Waals surface area contributed by atoms with Crippen LogP contribution in [-0.4, -0.2) is 31.9 Å². The summed E-state index contributed by atoms with van der Waals surface area (Å²) in [4.78, 5) is 27.7. The normalized spacial score (nSPS) is 17.2. The van der Waals surface area contributed by atoms with Crippen molar-refractivity contribution < 1.29 is 14.1 Å². The molecule has 0 saturated carbocycles. The van der Waals surface area contributed by atoms with Gasteiger partial charge in [-0.3, -0.25) is 20.3 Å². The van der Waals surface area contributed by atoms with Gasteiger partial charge in [-0.05, 0) is 54.4 Å². The molecule has 1 N–H and O–H groups in total. The van der Waals surface area contributed by atoms with Crippen molar-refractivity contribution in [1.29, 1.82) is 5.41 Å². The summed E-state index contributed by atoms with van der Waals surface area (Å²) in [6.07, 6.45) is 2.26. The van der Waals surface area contributed by atoms with Crippen molar-refractivity contribution in [1.82, 2.24) is 5.01 Å². The summed E-state index contributed by atoms with van der Waals surface area (Å²) in [5.74, 6) is 0.153. The Bertz CT molecular complexity index is 1490. The van der Waals surface area contributed by atoms with Crippen molar-refractivity contribution in [2.75, 3.05) is 0 Å². The number of fused-ring (bicyclic) bond motifs is 1. The Morgan fingerprint density at radius 2 is 1.97 bits per heavy atom. The number of nitrogens with one attached hydrogen (secondary N) is 1. The molecule has 0 fully saturated rings. The first kappa shape index (κ1) is 23.4. The maximum atomic E-state index is 12.8. The van der Waals surface area contributed by atoms with Crippen LogP contribution in [0.1, 0.15) is 36.1 Å². The molecular formula is C26H21N5O4S. The number of nitro groups is 1. The van der Waals surface area contributed by atoms with Crippen LogP contribution in [0.5, 0.6) is 0 Å². The molecule has 2 aliphatic heterocycles. The summed E-state index contributed by atoms with van der Waals surface area (Å²) in [6.45, 7) is 3.90. The maximum absolute atomic E-state index is 12.8. The highest BCUT2D eigenvalue weighted by Gasteiger charge is 2.38. The summed E-state index contributed by atoms with van der Waals surface area (Å²) in [7, 11) is 0. The SMILES string of the molecule is CC[C@@H](C1=NN2C(=N)/C(=C\c3ccc(-c4cc([N+](=O)[O-])ccc4C)o3)C(=O)N=C2S1)c1ccccc1. The van der Waals surface area contributed by atoms with Crippen LogP contribution in [0.25, 0.3) is 17.4 Å².